The number of hydrogen-bond acceptors (Lipinski definition) is 5. The standard InChI is InChI=1S/C12H18N2O5S2/c1-8(5-6-20(2)17)14-11-4-3-9(21(13,18)19)7-10(11)12(15)16/h3-4,7-8,14H,5-6H2,1-2H3,(H,15,16)(H2,13,18,19). The fraction of sp³-hybridized carbons (Fsp3) is 0.417. The van der Waals surface area contributed by atoms with Crippen molar-refractivity contribution in [1.29, 1.82) is 0 Å². The molecule has 2 atom stereocenters. The smallest absolute Gasteiger partial charge is 0.337 e. The van der Waals surface area contributed by atoms with Gasteiger partial charge in [-0.15, -0.1) is 0 Å². The zero-order chi connectivity index (χ0) is 16.2. The summed E-state index contributed by atoms with van der Waals surface area (Å²) in [6.07, 6.45) is 2.19. The van der Waals surface area contributed by atoms with Gasteiger partial charge >= 0.3 is 5.97 Å². The number of aromatic carboxylic acids is 1. The van der Waals surface area contributed by atoms with E-state index in [0.717, 1.165) is 6.07 Å². The van der Waals surface area contributed by atoms with Crippen LogP contribution in [0.4, 0.5) is 5.69 Å². The van der Waals surface area contributed by atoms with Crippen LogP contribution in [0.2, 0.25) is 0 Å². The number of carbonyl (C=O) groups is 1. The number of carboxylic acid groups (broad SMARTS) is 1. The number of nitrogens with two attached hydrogens (primary N) is 1. The van der Waals surface area contributed by atoms with Gasteiger partial charge < -0.3 is 10.4 Å². The maximum absolute atomic E-state index is 11.2. The van der Waals surface area contributed by atoms with Crippen molar-refractivity contribution in [3.8, 4) is 0 Å². The number of rotatable bonds is 7. The van der Waals surface area contributed by atoms with Gasteiger partial charge in [0.25, 0.3) is 0 Å². The molecule has 0 aromatic heterocycles. The van der Waals surface area contributed by atoms with E-state index in [0.29, 0.717) is 17.9 Å². The Morgan fingerprint density at radius 3 is 2.57 bits per heavy atom. The Morgan fingerprint density at radius 2 is 2.10 bits per heavy atom. The highest BCUT2D eigenvalue weighted by Crippen LogP contribution is 2.21. The number of primary sulfonamides is 1. The van der Waals surface area contributed by atoms with Crippen molar-refractivity contribution < 1.29 is 22.5 Å². The summed E-state index contributed by atoms with van der Waals surface area (Å²) in [6, 6.07) is 3.52. The molecule has 0 aliphatic heterocycles. The predicted molar refractivity (Wildman–Crippen MR) is 81.4 cm³/mol. The van der Waals surface area contributed by atoms with Gasteiger partial charge in [0.05, 0.1) is 10.5 Å². The zero-order valence-corrected chi connectivity index (χ0v) is 13.3. The van der Waals surface area contributed by atoms with Crippen molar-refractivity contribution in [2.45, 2.75) is 24.3 Å². The van der Waals surface area contributed by atoms with Gasteiger partial charge in [0.1, 0.15) is 0 Å². The molecule has 0 radical (unpaired) electrons. The van der Waals surface area contributed by atoms with Crippen LogP contribution in [0.15, 0.2) is 23.1 Å². The Balaban J connectivity index is 3.02. The molecule has 1 aromatic carbocycles. The van der Waals surface area contributed by atoms with Crippen LogP contribution in [0.5, 0.6) is 0 Å². The first-order valence-electron chi connectivity index (χ1n) is 6.08. The van der Waals surface area contributed by atoms with Crippen molar-refractivity contribution in [3.63, 3.8) is 0 Å². The van der Waals surface area contributed by atoms with Crippen molar-refractivity contribution in [1.82, 2.24) is 0 Å². The Kier molecular flexibility index (Phi) is 5.87. The number of benzene rings is 1. The highest BCUT2D eigenvalue weighted by atomic mass is 32.2. The summed E-state index contributed by atoms with van der Waals surface area (Å²) >= 11 is 0. The molecule has 0 fully saturated rings. The SMILES string of the molecule is CC(CCS(C)=O)Nc1ccc(S(N)(=O)=O)cc1C(=O)O. The molecule has 1 rings (SSSR count). The summed E-state index contributed by atoms with van der Waals surface area (Å²) in [4.78, 5) is 11.0. The molecule has 0 heterocycles. The fourth-order valence-electron chi connectivity index (χ4n) is 1.68. The topological polar surface area (TPSA) is 127 Å². The van der Waals surface area contributed by atoms with Gasteiger partial charge in [-0.05, 0) is 31.5 Å². The minimum absolute atomic E-state index is 0.104. The van der Waals surface area contributed by atoms with Crippen LogP contribution < -0.4 is 10.5 Å². The van der Waals surface area contributed by atoms with Crippen molar-refractivity contribution in [3.05, 3.63) is 23.8 Å². The molecule has 0 bridgehead atoms. The first-order chi connectivity index (χ1) is 9.61. The maximum Gasteiger partial charge on any atom is 0.337 e. The van der Waals surface area contributed by atoms with Gasteiger partial charge in [-0.2, -0.15) is 0 Å². The molecule has 7 nitrogen and oxygen atoms in total. The lowest BCUT2D eigenvalue weighted by Crippen LogP contribution is -2.20. The van der Waals surface area contributed by atoms with Crippen molar-refractivity contribution in [2.75, 3.05) is 17.3 Å². The van der Waals surface area contributed by atoms with E-state index in [1.54, 1.807) is 6.26 Å². The van der Waals surface area contributed by atoms with E-state index in [4.69, 9.17) is 10.2 Å². The average Bonchev–Trinajstić information content (AvgIpc) is 2.35. The van der Waals surface area contributed by atoms with Gasteiger partial charge in [-0.1, -0.05) is 0 Å². The molecule has 9 heteroatoms. The molecule has 4 N–H and O–H groups in total. The summed E-state index contributed by atoms with van der Waals surface area (Å²) in [5.41, 5.74) is 0.121. The van der Waals surface area contributed by atoms with Crippen LogP contribution in [0.1, 0.15) is 23.7 Å². The highest BCUT2D eigenvalue weighted by molar-refractivity contribution is 7.89. The molecule has 0 spiro atoms. The van der Waals surface area contributed by atoms with Gasteiger partial charge in [-0.25, -0.2) is 18.4 Å². The molecule has 0 amide bonds. The average molecular weight is 334 g/mol. The second-order valence-electron chi connectivity index (χ2n) is 4.67. The third-order valence-corrected chi connectivity index (χ3v) is 4.51. The van der Waals surface area contributed by atoms with Crippen molar-refractivity contribution >= 4 is 32.5 Å². The summed E-state index contributed by atoms with van der Waals surface area (Å²) in [5.74, 6) is -0.763. The minimum Gasteiger partial charge on any atom is -0.478 e. The van der Waals surface area contributed by atoms with E-state index in [2.05, 4.69) is 5.32 Å². The van der Waals surface area contributed by atoms with Crippen LogP contribution >= 0.6 is 0 Å². The normalized spacial score (nSPS) is 14.4. The molecule has 0 saturated heterocycles. The number of carboxylic acids is 1. The quantitative estimate of drug-likeness (QED) is 0.670. The lowest BCUT2D eigenvalue weighted by atomic mass is 10.1. The van der Waals surface area contributed by atoms with E-state index in [1.807, 2.05) is 6.92 Å². The van der Waals surface area contributed by atoms with Crippen molar-refractivity contribution in [2.24, 2.45) is 5.14 Å². The summed E-state index contributed by atoms with van der Waals surface area (Å²) in [7, 11) is -4.88. The number of hydrogen-bond donors (Lipinski definition) is 3. The molecule has 1 aromatic rings. The summed E-state index contributed by atoms with van der Waals surface area (Å²) < 4.78 is 33.5. The lowest BCUT2D eigenvalue weighted by Gasteiger charge is -2.17. The predicted octanol–water partition coefficient (Wildman–Crippen LogP) is 0.601. The first-order valence-corrected chi connectivity index (χ1v) is 9.35. The van der Waals surface area contributed by atoms with E-state index in [9.17, 15) is 17.4 Å². The Hall–Kier alpha value is -1.45. The maximum atomic E-state index is 11.2. The monoisotopic (exact) mass is 334 g/mol. The second-order valence-corrected chi connectivity index (χ2v) is 7.78. The second kappa shape index (κ2) is 7.01. The largest absolute Gasteiger partial charge is 0.478 e. The van der Waals surface area contributed by atoms with Gasteiger partial charge in [-0.3, -0.25) is 4.21 Å². The van der Waals surface area contributed by atoms with Gasteiger partial charge in [0, 0.05) is 34.5 Å². The number of sulfonamides is 1. The van der Waals surface area contributed by atoms with E-state index in [-0.39, 0.29) is 16.5 Å². The summed E-state index contributed by atoms with van der Waals surface area (Å²) in [6.45, 7) is 1.83. The number of anilines is 1. The van der Waals surface area contributed by atoms with Crippen LogP contribution in [0, 0.1) is 0 Å². The highest BCUT2D eigenvalue weighted by Gasteiger charge is 2.17. The molecule has 118 valence electrons. The van der Waals surface area contributed by atoms with Gasteiger partial charge in [0.15, 0.2) is 0 Å². The van der Waals surface area contributed by atoms with E-state index >= 15 is 0 Å². The van der Waals surface area contributed by atoms with E-state index < -0.39 is 26.8 Å². The van der Waals surface area contributed by atoms with Crippen LogP contribution in [0.25, 0.3) is 0 Å². The molecule has 2 unspecified atom stereocenters. The first kappa shape index (κ1) is 17.6. The van der Waals surface area contributed by atoms with E-state index in [1.165, 1.54) is 12.1 Å². The fourth-order valence-corrected chi connectivity index (χ4v) is 2.91. The van der Waals surface area contributed by atoms with Crippen LogP contribution in [0.3, 0.4) is 0 Å². The Morgan fingerprint density at radius 1 is 1.48 bits per heavy atom. The minimum atomic E-state index is -3.96. The molecule has 0 aliphatic rings. The zero-order valence-electron chi connectivity index (χ0n) is 11.7. The van der Waals surface area contributed by atoms with Gasteiger partial charge in [0.2, 0.25) is 10.0 Å². The Labute approximate surface area is 126 Å². The molecular weight excluding hydrogens is 316 g/mol. The molecule has 21 heavy (non-hydrogen) atoms. The van der Waals surface area contributed by atoms with Crippen LogP contribution in [-0.4, -0.2) is 41.8 Å². The molecular formula is C12H18N2O5S2. The lowest BCUT2D eigenvalue weighted by molar-refractivity contribution is 0.0697. The Bertz CT molecular complexity index is 658. The third-order valence-electron chi connectivity index (χ3n) is 2.79. The molecule has 0 aliphatic carbocycles. The third kappa shape index (κ3) is 5.44. The van der Waals surface area contributed by atoms with Crippen LogP contribution in [-0.2, 0) is 20.8 Å². The number of nitrogens with one attached hydrogen (secondary N) is 1. The summed E-state index contributed by atoms with van der Waals surface area (Å²) in [5, 5.41) is 17.1. The molecule has 0 saturated carbocycles.